The van der Waals surface area contributed by atoms with Crippen molar-refractivity contribution in [2.45, 2.75) is 25.8 Å². The summed E-state index contributed by atoms with van der Waals surface area (Å²) in [5.41, 5.74) is 2.64. The lowest BCUT2D eigenvalue weighted by Gasteiger charge is -2.23. The van der Waals surface area contributed by atoms with Crippen LogP contribution in [0.3, 0.4) is 0 Å². The lowest BCUT2D eigenvalue weighted by Crippen LogP contribution is -2.25. The average molecular weight is 320 g/mol. The van der Waals surface area contributed by atoms with Crippen molar-refractivity contribution in [1.82, 2.24) is 24.7 Å². The van der Waals surface area contributed by atoms with Crippen LogP contribution in [0.2, 0.25) is 0 Å². The number of nitrogens with zero attached hydrogens (tertiary/aromatic N) is 5. The number of rotatable bonds is 3. The second-order valence-corrected chi connectivity index (χ2v) is 5.62. The second kappa shape index (κ2) is 5.84. The van der Waals surface area contributed by atoms with E-state index in [2.05, 4.69) is 25.4 Å². The quantitative estimate of drug-likeness (QED) is 0.800. The Morgan fingerprint density at radius 2 is 2.04 bits per heavy atom. The summed E-state index contributed by atoms with van der Waals surface area (Å²) in [6.07, 6.45) is 7.44. The van der Waals surface area contributed by atoms with Crippen molar-refractivity contribution in [2.75, 3.05) is 5.32 Å². The van der Waals surface area contributed by atoms with Gasteiger partial charge in [-0.3, -0.25) is 9.78 Å². The van der Waals surface area contributed by atoms with Crippen molar-refractivity contribution < 1.29 is 4.79 Å². The number of carbonyl (C=O) groups is 1. The van der Waals surface area contributed by atoms with Crippen molar-refractivity contribution >= 4 is 11.7 Å². The Hall–Kier alpha value is -3.09. The molecule has 1 aliphatic rings. The fraction of sp³-hybridized carbons (Fsp3) is 0.235. The molecule has 24 heavy (non-hydrogen) atoms. The molecule has 0 spiro atoms. The van der Waals surface area contributed by atoms with Gasteiger partial charge in [0.25, 0.3) is 0 Å². The van der Waals surface area contributed by atoms with E-state index in [4.69, 9.17) is 0 Å². The maximum atomic E-state index is 12.1. The highest BCUT2D eigenvalue weighted by atomic mass is 16.1. The first kappa shape index (κ1) is 14.5. The van der Waals surface area contributed by atoms with E-state index < -0.39 is 0 Å². The molecule has 3 aromatic rings. The summed E-state index contributed by atoms with van der Waals surface area (Å²) >= 11 is 0. The summed E-state index contributed by atoms with van der Waals surface area (Å²) in [4.78, 5) is 25.1. The minimum absolute atomic E-state index is 0.0171. The zero-order valence-electron chi connectivity index (χ0n) is 13.2. The summed E-state index contributed by atoms with van der Waals surface area (Å²) in [5, 5.41) is 7.25. The molecule has 4 rings (SSSR count). The Morgan fingerprint density at radius 3 is 2.75 bits per heavy atom. The molecule has 1 atom stereocenters. The summed E-state index contributed by atoms with van der Waals surface area (Å²) in [5.74, 6) is 1.25. The summed E-state index contributed by atoms with van der Waals surface area (Å²) in [7, 11) is 0. The average Bonchev–Trinajstić information content (AvgIpc) is 3.05. The van der Waals surface area contributed by atoms with Crippen LogP contribution in [-0.4, -0.2) is 30.6 Å². The summed E-state index contributed by atoms with van der Waals surface area (Å²) in [6, 6.07) is 5.62. The number of aryl methyl sites for hydroxylation is 1. The number of fused-ring (bicyclic) bond motifs is 1. The minimum atomic E-state index is -0.0770. The molecule has 0 saturated heterocycles. The molecule has 3 aromatic heterocycles. The number of hydrogen-bond acceptors (Lipinski definition) is 5. The lowest BCUT2D eigenvalue weighted by atomic mass is 9.89. The minimum Gasteiger partial charge on any atom is -0.311 e. The topological polar surface area (TPSA) is 85.6 Å². The highest BCUT2D eigenvalue weighted by Crippen LogP contribution is 2.36. The number of nitrogens with one attached hydrogen (secondary N) is 1. The number of hydrogen-bond donors (Lipinski definition) is 1. The molecule has 0 unspecified atom stereocenters. The third-order valence-electron chi connectivity index (χ3n) is 4.16. The molecule has 1 amide bonds. The Bertz CT molecular complexity index is 872. The molecule has 7 nitrogen and oxygen atoms in total. The molecule has 7 heteroatoms. The highest BCUT2D eigenvalue weighted by molar-refractivity contribution is 5.94. The van der Waals surface area contributed by atoms with Crippen LogP contribution in [-0.2, 0) is 11.3 Å². The summed E-state index contributed by atoms with van der Waals surface area (Å²) < 4.78 is 1.79. The van der Waals surface area contributed by atoms with E-state index in [1.165, 1.54) is 0 Å². The van der Waals surface area contributed by atoms with Crippen LogP contribution >= 0.6 is 0 Å². The van der Waals surface area contributed by atoms with Crippen LogP contribution in [0.4, 0.5) is 5.82 Å². The van der Waals surface area contributed by atoms with Gasteiger partial charge in [-0.05, 0) is 24.6 Å². The lowest BCUT2D eigenvalue weighted by molar-refractivity contribution is -0.116. The van der Waals surface area contributed by atoms with Crippen LogP contribution in [0.5, 0.6) is 0 Å². The van der Waals surface area contributed by atoms with E-state index in [-0.39, 0.29) is 11.8 Å². The van der Waals surface area contributed by atoms with Crippen LogP contribution in [0.15, 0.2) is 43.0 Å². The van der Waals surface area contributed by atoms with Gasteiger partial charge in [0.1, 0.15) is 11.5 Å². The Balaban J connectivity index is 1.69. The number of anilines is 1. The van der Waals surface area contributed by atoms with Crippen molar-refractivity contribution in [3.63, 3.8) is 0 Å². The van der Waals surface area contributed by atoms with Crippen LogP contribution in [0.25, 0.3) is 11.5 Å². The Kier molecular flexibility index (Phi) is 3.53. The predicted octanol–water partition coefficient (Wildman–Crippen LogP) is 2.23. The number of aromatic nitrogens is 5. The van der Waals surface area contributed by atoms with E-state index in [0.717, 1.165) is 22.6 Å². The molecule has 4 heterocycles. The normalized spacial score (nSPS) is 16.5. The van der Waals surface area contributed by atoms with Crippen LogP contribution in [0.1, 0.15) is 30.4 Å². The zero-order valence-corrected chi connectivity index (χ0v) is 13.2. The van der Waals surface area contributed by atoms with Gasteiger partial charge in [-0.2, -0.15) is 5.10 Å². The van der Waals surface area contributed by atoms with Gasteiger partial charge in [0, 0.05) is 43.0 Å². The van der Waals surface area contributed by atoms with Gasteiger partial charge in [0.15, 0.2) is 5.82 Å². The maximum absolute atomic E-state index is 12.1. The van der Waals surface area contributed by atoms with Crippen molar-refractivity contribution in [3.05, 3.63) is 54.1 Å². The molecule has 0 bridgehead atoms. The van der Waals surface area contributed by atoms with E-state index >= 15 is 0 Å². The van der Waals surface area contributed by atoms with Gasteiger partial charge < -0.3 is 5.32 Å². The zero-order chi connectivity index (χ0) is 16.5. The molecule has 0 saturated carbocycles. The van der Waals surface area contributed by atoms with E-state index in [1.807, 2.05) is 31.3 Å². The van der Waals surface area contributed by atoms with Crippen molar-refractivity contribution in [3.8, 4) is 11.5 Å². The first-order valence-corrected chi connectivity index (χ1v) is 7.85. The molecular weight excluding hydrogens is 304 g/mol. The van der Waals surface area contributed by atoms with Gasteiger partial charge in [-0.25, -0.2) is 14.6 Å². The Morgan fingerprint density at radius 1 is 1.21 bits per heavy atom. The Labute approximate surface area is 138 Å². The molecule has 0 aliphatic carbocycles. The van der Waals surface area contributed by atoms with Gasteiger partial charge in [0.2, 0.25) is 5.91 Å². The van der Waals surface area contributed by atoms with Crippen LogP contribution in [0, 0.1) is 0 Å². The van der Waals surface area contributed by atoms with Gasteiger partial charge in [-0.1, -0.05) is 6.07 Å². The number of carbonyl (C=O) groups excluding carboxylic acids is 1. The summed E-state index contributed by atoms with van der Waals surface area (Å²) in [6.45, 7) is 2.70. The number of amides is 1. The molecular formula is C17H16N6O. The first-order valence-electron chi connectivity index (χ1n) is 7.85. The molecule has 120 valence electrons. The molecule has 0 radical (unpaired) electrons. The van der Waals surface area contributed by atoms with E-state index in [0.29, 0.717) is 18.8 Å². The fourth-order valence-corrected chi connectivity index (χ4v) is 2.95. The molecule has 0 aromatic carbocycles. The van der Waals surface area contributed by atoms with Crippen LogP contribution < -0.4 is 5.32 Å². The van der Waals surface area contributed by atoms with Crippen molar-refractivity contribution in [1.29, 1.82) is 0 Å². The van der Waals surface area contributed by atoms with E-state index in [9.17, 15) is 4.79 Å². The van der Waals surface area contributed by atoms with Gasteiger partial charge in [0.05, 0.1) is 6.20 Å². The second-order valence-electron chi connectivity index (χ2n) is 5.62. The third-order valence-corrected chi connectivity index (χ3v) is 4.16. The van der Waals surface area contributed by atoms with Gasteiger partial charge in [-0.15, -0.1) is 0 Å². The molecule has 1 N–H and O–H groups in total. The predicted molar refractivity (Wildman–Crippen MR) is 88.3 cm³/mol. The largest absolute Gasteiger partial charge is 0.311 e. The fourth-order valence-electron chi connectivity index (χ4n) is 2.95. The monoisotopic (exact) mass is 320 g/mol. The molecule has 0 fully saturated rings. The van der Waals surface area contributed by atoms with E-state index in [1.54, 1.807) is 23.3 Å². The first-order chi connectivity index (χ1) is 11.8. The maximum Gasteiger partial charge on any atom is 0.226 e. The highest BCUT2D eigenvalue weighted by Gasteiger charge is 2.30. The standard InChI is InChI=1S/C17H16N6O/c1-2-23-17-13(10-21-23)12(7-15(24)22-17)11-8-19-16(20-9-11)14-5-3-4-6-18-14/h3-6,8-10,12H,2,7H2,1H3,(H,22,24)/t12-/m0/s1. The third kappa shape index (κ3) is 2.44. The molecule has 1 aliphatic heterocycles. The van der Waals surface area contributed by atoms with Gasteiger partial charge >= 0.3 is 0 Å². The van der Waals surface area contributed by atoms with Crippen molar-refractivity contribution in [2.24, 2.45) is 0 Å². The smallest absolute Gasteiger partial charge is 0.226 e. The SMILES string of the molecule is CCn1ncc2c1NC(=O)C[C@H]2c1cnc(-c2ccccn2)nc1. The number of pyridine rings is 1.